The smallest absolute Gasteiger partial charge is 0.407 e. The molecule has 1 aliphatic carbocycles. The van der Waals surface area contributed by atoms with Gasteiger partial charge in [-0.25, -0.2) is 4.79 Å². The summed E-state index contributed by atoms with van der Waals surface area (Å²) in [5.41, 5.74) is -0.425. The van der Waals surface area contributed by atoms with Crippen LogP contribution >= 0.6 is 0 Å². The van der Waals surface area contributed by atoms with Crippen LogP contribution in [0, 0.1) is 0 Å². The molecular formula is C20H37N3O3. The highest BCUT2D eigenvalue weighted by Gasteiger charge is 2.31. The van der Waals surface area contributed by atoms with E-state index in [0.717, 1.165) is 32.1 Å². The zero-order valence-corrected chi connectivity index (χ0v) is 16.8. The van der Waals surface area contributed by atoms with Gasteiger partial charge in [-0.2, -0.15) is 0 Å². The van der Waals surface area contributed by atoms with E-state index in [1.807, 2.05) is 20.8 Å². The summed E-state index contributed by atoms with van der Waals surface area (Å²) in [6.07, 6.45) is 6.60. The lowest BCUT2D eigenvalue weighted by Gasteiger charge is -2.44. The minimum atomic E-state index is -0.425. The molecule has 3 rings (SSSR count). The first kappa shape index (κ1) is 19.9. The number of nitrogens with zero attached hydrogens (tertiary/aromatic N) is 2. The number of carbonyl (C=O) groups is 1. The lowest BCUT2D eigenvalue weighted by atomic mass is 9.90. The van der Waals surface area contributed by atoms with Crippen LogP contribution in [0.25, 0.3) is 0 Å². The van der Waals surface area contributed by atoms with E-state index < -0.39 is 5.60 Å². The quantitative estimate of drug-likeness (QED) is 0.831. The van der Waals surface area contributed by atoms with Gasteiger partial charge in [-0.05, 0) is 59.3 Å². The van der Waals surface area contributed by atoms with Gasteiger partial charge in [0.1, 0.15) is 5.60 Å². The number of ether oxygens (including phenoxy) is 2. The molecule has 0 spiro atoms. The van der Waals surface area contributed by atoms with Gasteiger partial charge >= 0.3 is 6.09 Å². The van der Waals surface area contributed by atoms with Crippen molar-refractivity contribution in [3.63, 3.8) is 0 Å². The summed E-state index contributed by atoms with van der Waals surface area (Å²) < 4.78 is 10.9. The minimum Gasteiger partial charge on any atom is -0.444 e. The van der Waals surface area contributed by atoms with E-state index >= 15 is 0 Å². The molecule has 0 radical (unpaired) electrons. The van der Waals surface area contributed by atoms with Gasteiger partial charge in [-0.15, -0.1) is 0 Å². The van der Waals surface area contributed by atoms with Crippen molar-refractivity contribution in [2.45, 2.75) is 83.0 Å². The van der Waals surface area contributed by atoms with Crippen molar-refractivity contribution in [3.8, 4) is 0 Å². The number of rotatable bonds is 3. The summed E-state index contributed by atoms with van der Waals surface area (Å²) in [6.45, 7) is 12.3. The Labute approximate surface area is 158 Å². The first-order valence-corrected chi connectivity index (χ1v) is 10.5. The number of nitrogens with one attached hydrogen (secondary N) is 1. The Hall–Kier alpha value is -0.850. The third kappa shape index (κ3) is 5.83. The van der Waals surface area contributed by atoms with Gasteiger partial charge in [0.05, 0.1) is 0 Å². The summed E-state index contributed by atoms with van der Waals surface area (Å²) in [7, 11) is 0. The molecule has 150 valence electrons. The fourth-order valence-electron chi connectivity index (χ4n) is 4.58. The largest absolute Gasteiger partial charge is 0.444 e. The maximum Gasteiger partial charge on any atom is 0.407 e. The topological polar surface area (TPSA) is 54.0 Å². The van der Waals surface area contributed by atoms with Gasteiger partial charge in [0.2, 0.25) is 0 Å². The Balaban J connectivity index is 1.36. The van der Waals surface area contributed by atoms with Crippen molar-refractivity contribution in [1.82, 2.24) is 15.1 Å². The molecule has 0 atom stereocenters. The van der Waals surface area contributed by atoms with Crippen LogP contribution in [0.5, 0.6) is 0 Å². The molecule has 2 aliphatic heterocycles. The number of hydrogen-bond acceptors (Lipinski definition) is 5. The molecule has 26 heavy (non-hydrogen) atoms. The maximum atomic E-state index is 11.9. The number of hydrogen-bond donors (Lipinski definition) is 1. The third-order valence-electron chi connectivity index (χ3n) is 5.99. The fraction of sp³-hybridized carbons (Fsp3) is 0.950. The van der Waals surface area contributed by atoms with Crippen LogP contribution in [-0.4, -0.2) is 79.0 Å². The van der Waals surface area contributed by atoms with Crippen molar-refractivity contribution in [2.24, 2.45) is 0 Å². The lowest BCUT2D eigenvalue weighted by Crippen LogP contribution is -2.55. The fourth-order valence-corrected chi connectivity index (χ4v) is 4.58. The molecule has 1 saturated carbocycles. The second-order valence-electron chi connectivity index (χ2n) is 9.07. The third-order valence-corrected chi connectivity index (χ3v) is 5.99. The van der Waals surface area contributed by atoms with Crippen molar-refractivity contribution >= 4 is 6.09 Å². The highest BCUT2D eigenvalue weighted by atomic mass is 16.6. The van der Waals surface area contributed by atoms with Crippen LogP contribution in [0.15, 0.2) is 0 Å². The molecule has 0 aromatic rings. The number of piperazine rings is 1. The Bertz CT molecular complexity index is 444. The van der Waals surface area contributed by atoms with Gasteiger partial charge in [0, 0.05) is 57.5 Å². The Kier molecular flexibility index (Phi) is 6.81. The Morgan fingerprint density at radius 3 is 1.88 bits per heavy atom. The van der Waals surface area contributed by atoms with E-state index in [4.69, 9.17) is 9.47 Å². The van der Waals surface area contributed by atoms with Crippen molar-refractivity contribution < 1.29 is 14.3 Å². The van der Waals surface area contributed by atoms with E-state index in [2.05, 4.69) is 15.1 Å². The van der Waals surface area contributed by atoms with Crippen molar-refractivity contribution in [1.29, 1.82) is 0 Å². The molecule has 0 aromatic heterocycles. The summed E-state index contributed by atoms with van der Waals surface area (Å²) in [4.78, 5) is 17.3. The first-order chi connectivity index (χ1) is 12.4. The second-order valence-corrected chi connectivity index (χ2v) is 9.07. The predicted molar refractivity (Wildman–Crippen MR) is 102 cm³/mol. The molecule has 0 aromatic carbocycles. The lowest BCUT2D eigenvalue weighted by molar-refractivity contribution is 0.00172. The maximum absolute atomic E-state index is 11.9. The second kappa shape index (κ2) is 8.89. The normalized spacial score (nSPS) is 30.1. The molecular weight excluding hydrogens is 330 g/mol. The average Bonchev–Trinajstić information content (AvgIpc) is 2.62. The van der Waals surface area contributed by atoms with Gasteiger partial charge in [0.25, 0.3) is 0 Å². The molecule has 3 fully saturated rings. The molecule has 0 unspecified atom stereocenters. The molecule has 6 heteroatoms. The van der Waals surface area contributed by atoms with Crippen LogP contribution in [-0.2, 0) is 9.47 Å². The standard InChI is InChI=1S/C20H37N3O3/c1-20(2,3)26-19(24)21-16-4-6-17(7-5-16)22-10-12-23(13-11-22)18-8-14-25-15-9-18/h16-18H,4-15H2,1-3H3,(H,21,24)/t16-,17-. The van der Waals surface area contributed by atoms with Crippen LogP contribution < -0.4 is 5.32 Å². The first-order valence-electron chi connectivity index (χ1n) is 10.5. The average molecular weight is 368 g/mol. The minimum absolute atomic E-state index is 0.268. The van der Waals surface area contributed by atoms with E-state index in [9.17, 15) is 4.79 Å². The SMILES string of the molecule is CC(C)(C)OC(=O)N[C@H]1CC[C@H](N2CCN(C3CCOCC3)CC2)CC1. The highest BCUT2D eigenvalue weighted by Crippen LogP contribution is 2.25. The van der Waals surface area contributed by atoms with Crippen molar-refractivity contribution in [3.05, 3.63) is 0 Å². The van der Waals surface area contributed by atoms with Crippen LogP contribution in [0.2, 0.25) is 0 Å². The van der Waals surface area contributed by atoms with Gasteiger partial charge in [-0.1, -0.05) is 0 Å². The molecule has 1 N–H and O–H groups in total. The summed E-state index contributed by atoms with van der Waals surface area (Å²) in [5, 5.41) is 3.05. The van der Waals surface area contributed by atoms with E-state index in [1.54, 1.807) is 0 Å². The summed E-state index contributed by atoms with van der Waals surface area (Å²) >= 11 is 0. The van der Waals surface area contributed by atoms with Crippen molar-refractivity contribution in [2.75, 3.05) is 39.4 Å². The van der Waals surface area contributed by atoms with Gasteiger partial charge in [0.15, 0.2) is 0 Å². The Morgan fingerprint density at radius 2 is 1.38 bits per heavy atom. The van der Waals surface area contributed by atoms with Crippen LogP contribution in [0.1, 0.15) is 59.3 Å². The summed E-state index contributed by atoms with van der Waals surface area (Å²) in [5.74, 6) is 0. The van der Waals surface area contributed by atoms with Gasteiger partial charge in [-0.3, -0.25) is 9.80 Å². The molecule has 3 aliphatic rings. The zero-order chi connectivity index (χ0) is 18.6. The van der Waals surface area contributed by atoms with Crippen LogP contribution in [0.3, 0.4) is 0 Å². The van der Waals surface area contributed by atoms with Crippen LogP contribution in [0.4, 0.5) is 4.79 Å². The predicted octanol–water partition coefficient (Wildman–Crippen LogP) is 2.62. The van der Waals surface area contributed by atoms with E-state index in [1.165, 1.54) is 51.9 Å². The van der Waals surface area contributed by atoms with E-state index in [0.29, 0.717) is 6.04 Å². The van der Waals surface area contributed by atoms with Gasteiger partial charge < -0.3 is 14.8 Å². The summed E-state index contributed by atoms with van der Waals surface area (Å²) in [6, 6.07) is 1.69. The molecule has 2 saturated heterocycles. The molecule has 2 heterocycles. The van der Waals surface area contributed by atoms with E-state index in [-0.39, 0.29) is 12.1 Å². The zero-order valence-electron chi connectivity index (χ0n) is 16.8. The Morgan fingerprint density at radius 1 is 0.885 bits per heavy atom. The molecule has 0 bridgehead atoms. The monoisotopic (exact) mass is 367 g/mol. The highest BCUT2D eigenvalue weighted by molar-refractivity contribution is 5.68. The number of carbonyl (C=O) groups excluding carboxylic acids is 1. The number of alkyl carbamates (subject to hydrolysis) is 1. The number of amides is 1. The molecule has 6 nitrogen and oxygen atoms in total. The molecule has 1 amide bonds.